The fraction of sp³-hybridized carbons (Fsp3) is 0.250. The van der Waals surface area contributed by atoms with Crippen molar-refractivity contribution in [3.05, 3.63) is 63.1 Å². The Morgan fingerprint density at radius 2 is 2.10 bits per heavy atom. The van der Waals surface area contributed by atoms with E-state index in [0.29, 0.717) is 22.6 Å². The first-order valence-electron chi connectivity index (χ1n) is 6.44. The van der Waals surface area contributed by atoms with Crippen LogP contribution in [-0.4, -0.2) is 21.3 Å². The Morgan fingerprint density at radius 3 is 2.71 bits per heavy atom. The van der Waals surface area contributed by atoms with Crippen LogP contribution in [0.4, 0.5) is 4.39 Å². The second-order valence-corrected chi connectivity index (χ2v) is 4.64. The molecule has 0 saturated carbocycles. The summed E-state index contributed by atoms with van der Waals surface area (Å²) in [5, 5.41) is 8.62. The number of hydrogen-bond donors (Lipinski definition) is 1. The maximum absolute atomic E-state index is 14.0. The molecule has 0 aliphatic rings. The molecule has 0 spiro atoms. The lowest BCUT2D eigenvalue weighted by Crippen LogP contribution is -2.24. The average Bonchev–Trinajstić information content (AvgIpc) is 2.42. The van der Waals surface area contributed by atoms with E-state index in [0.717, 1.165) is 0 Å². The van der Waals surface area contributed by atoms with Crippen LogP contribution < -0.4 is 5.56 Å². The zero-order chi connectivity index (χ0) is 15.4. The van der Waals surface area contributed by atoms with Crippen LogP contribution in [0.15, 0.2) is 29.1 Å². The van der Waals surface area contributed by atoms with Gasteiger partial charge in [-0.05, 0) is 26.0 Å². The summed E-state index contributed by atoms with van der Waals surface area (Å²) in [6, 6.07) is 5.96. The van der Waals surface area contributed by atoms with E-state index in [1.807, 2.05) is 0 Å². The molecule has 0 atom stereocenters. The Bertz CT molecular complexity index is 785. The van der Waals surface area contributed by atoms with Crippen LogP contribution in [0.5, 0.6) is 0 Å². The summed E-state index contributed by atoms with van der Waals surface area (Å²) in [5.74, 6) is 5.20. The predicted octanol–water partition coefficient (Wildman–Crippen LogP) is 1.39. The minimum Gasteiger partial charge on any atom is -0.384 e. The van der Waals surface area contributed by atoms with Crippen LogP contribution in [0, 0.1) is 31.5 Å². The molecular weight excluding hydrogens is 271 g/mol. The second kappa shape index (κ2) is 6.33. The van der Waals surface area contributed by atoms with Crippen molar-refractivity contribution in [3.8, 4) is 11.8 Å². The Balaban J connectivity index is 2.35. The van der Waals surface area contributed by atoms with Crippen molar-refractivity contribution in [1.82, 2.24) is 9.55 Å². The van der Waals surface area contributed by atoms with Gasteiger partial charge >= 0.3 is 0 Å². The summed E-state index contributed by atoms with van der Waals surface area (Å²) in [6.07, 6.45) is 0. The summed E-state index contributed by atoms with van der Waals surface area (Å²) in [5.41, 5.74) is 1.31. The summed E-state index contributed by atoms with van der Waals surface area (Å²) in [7, 11) is 0. The minimum atomic E-state index is -0.438. The van der Waals surface area contributed by atoms with E-state index in [2.05, 4.69) is 16.8 Å². The molecule has 108 valence electrons. The van der Waals surface area contributed by atoms with Crippen molar-refractivity contribution in [3.63, 3.8) is 0 Å². The highest BCUT2D eigenvalue weighted by Gasteiger charge is 2.08. The first kappa shape index (κ1) is 14.9. The molecule has 0 amide bonds. The van der Waals surface area contributed by atoms with Gasteiger partial charge in [0.05, 0.1) is 6.54 Å². The van der Waals surface area contributed by atoms with Gasteiger partial charge in [0.25, 0.3) is 5.56 Å². The predicted molar refractivity (Wildman–Crippen MR) is 77.4 cm³/mol. The lowest BCUT2D eigenvalue weighted by molar-refractivity contribution is 0.350. The van der Waals surface area contributed by atoms with Crippen molar-refractivity contribution in [2.45, 2.75) is 20.4 Å². The first-order valence-corrected chi connectivity index (χ1v) is 6.44. The Hall–Kier alpha value is -2.45. The number of rotatable bonds is 2. The molecule has 1 heterocycles. The van der Waals surface area contributed by atoms with Gasteiger partial charge in [0.15, 0.2) is 0 Å². The zero-order valence-electron chi connectivity index (χ0n) is 11.9. The zero-order valence-corrected chi connectivity index (χ0v) is 11.9. The fourth-order valence-corrected chi connectivity index (χ4v) is 2.02. The summed E-state index contributed by atoms with van der Waals surface area (Å²) >= 11 is 0. The molecule has 2 rings (SSSR count). The molecule has 0 unspecified atom stereocenters. The van der Waals surface area contributed by atoms with Crippen LogP contribution >= 0.6 is 0 Å². The average molecular weight is 286 g/mol. The smallest absolute Gasteiger partial charge is 0.254 e. The Kier molecular flexibility index (Phi) is 4.51. The van der Waals surface area contributed by atoms with Gasteiger partial charge in [0.2, 0.25) is 0 Å². The van der Waals surface area contributed by atoms with Crippen molar-refractivity contribution in [1.29, 1.82) is 0 Å². The van der Waals surface area contributed by atoms with E-state index >= 15 is 0 Å². The monoisotopic (exact) mass is 286 g/mol. The number of nitrogens with zero attached hydrogens (tertiary/aromatic N) is 2. The molecule has 4 nitrogen and oxygen atoms in total. The molecule has 0 aliphatic heterocycles. The van der Waals surface area contributed by atoms with Gasteiger partial charge in [-0.3, -0.25) is 9.36 Å². The third kappa shape index (κ3) is 3.56. The molecule has 1 aromatic carbocycles. The van der Waals surface area contributed by atoms with Gasteiger partial charge in [-0.25, -0.2) is 9.37 Å². The number of aliphatic hydroxyl groups excluding tert-OH is 1. The van der Waals surface area contributed by atoms with Crippen LogP contribution in [0.1, 0.15) is 22.6 Å². The Labute approximate surface area is 121 Å². The molecular formula is C16H15FN2O2. The third-order valence-electron chi connectivity index (χ3n) is 3.02. The highest BCUT2D eigenvalue weighted by atomic mass is 19.1. The quantitative estimate of drug-likeness (QED) is 0.849. The standard InChI is InChI=1S/C16H15FN2O2/c1-11-8-16(21)19(12(2)18-11)10-14-6-5-13(4-3-7-20)9-15(14)17/h5-6,8-9,20H,7,10H2,1-2H3. The van der Waals surface area contributed by atoms with Gasteiger partial charge < -0.3 is 5.11 Å². The maximum atomic E-state index is 14.0. The summed E-state index contributed by atoms with van der Waals surface area (Å²) < 4.78 is 15.5. The SMILES string of the molecule is Cc1cc(=O)n(Cc2ccc(C#CCO)cc2F)c(C)n1. The number of hydrogen-bond acceptors (Lipinski definition) is 3. The third-order valence-corrected chi connectivity index (χ3v) is 3.02. The normalized spacial score (nSPS) is 10.1. The fourth-order valence-electron chi connectivity index (χ4n) is 2.02. The molecule has 0 bridgehead atoms. The molecule has 5 heteroatoms. The van der Waals surface area contributed by atoms with Gasteiger partial charge in [-0.2, -0.15) is 0 Å². The molecule has 1 N–H and O–H groups in total. The maximum Gasteiger partial charge on any atom is 0.254 e. The largest absolute Gasteiger partial charge is 0.384 e. The molecule has 0 aliphatic carbocycles. The van der Waals surface area contributed by atoms with Crippen molar-refractivity contribution in [2.24, 2.45) is 0 Å². The molecule has 0 fully saturated rings. The topological polar surface area (TPSA) is 55.1 Å². The van der Waals surface area contributed by atoms with Crippen molar-refractivity contribution < 1.29 is 9.50 Å². The van der Waals surface area contributed by atoms with Crippen molar-refractivity contribution in [2.75, 3.05) is 6.61 Å². The van der Waals surface area contributed by atoms with E-state index in [1.165, 1.54) is 16.7 Å². The number of benzene rings is 1. The Morgan fingerprint density at radius 1 is 1.33 bits per heavy atom. The lowest BCUT2D eigenvalue weighted by atomic mass is 10.1. The first-order chi connectivity index (χ1) is 10.0. The van der Waals surface area contributed by atoms with Gasteiger partial charge in [0.1, 0.15) is 18.2 Å². The minimum absolute atomic E-state index is 0.123. The van der Waals surface area contributed by atoms with E-state index < -0.39 is 5.82 Å². The van der Waals surface area contributed by atoms with E-state index in [9.17, 15) is 9.18 Å². The number of halogens is 1. The van der Waals surface area contributed by atoms with E-state index in [-0.39, 0.29) is 18.7 Å². The second-order valence-electron chi connectivity index (χ2n) is 4.64. The van der Waals surface area contributed by atoms with Gasteiger partial charge in [-0.15, -0.1) is 0 Å². The summed E-state index contributed by atoms with van der Waals surface area (Å²) in [6.45, 7) is 3.31. The molecule has 21 heavy (non-hydrogen) atoms. The molecule has 1 aromatic heterocycles. The highest BCUT2D eigenvalue weighted by molar-refractivity contribution is 5.37. The summed E-state index contributed by atoms with van der Waals surface area (Å²) in [4.78, 5) is 16.1. The number of aromatic nitrogens is 2. The van der Waals surface area contributed by atoms with Crippen LogP contribution in [0.2, 0.25) is 0 Å². The number of aliphatic hydroxyl groups is 1. The van der Waals surface area contributed by atoms with E-state index in [4.69, 9.17) is 5.11 Å². The molecule has 0 radical (unpaired) electrons. The molecule has 2 aromatic rings. The lowest BCUT2D eigenvalue weighted by Gasteiger charge is -2.10. The van der Waals surface area contributed by atoms with Crippen LogP contribution in [0.25, 0.3) is 0 Å². The van der Waals surface area contributed by atoms with Crippen molar-refractivity contribution >= 4 is 0 Å². The van der Waals surface area contributed by atoms with Crippen LogP contribution in [0.3, 0.4) is 0 Å². The van der Waals surface area contributed by atoms with Gasteiger partial charge in [0, 0.05) is 22.9 Å². The van der Waals surface area contributed by atoms with E-state index in [1.54, 1.807) is 26.0 Å². The number of aryl methyl sites for hydroxylation is 2. The van der Waals surface area contributed by atoms with Crippen LogP contribution in [-0.2, 0) is 6.54 Å². The molecule has 0 saturated heterocycles. The highest BCUT2D eigenvalue weighted by Crippen LogP contribution is 2.11. The van der Waals surface area contributed by atoms with Gasteiger partial charge in [-0.1, -0.05) is 17.9 Å².